The Morgan fingerprint density at radius 3 is 1.28 bits per heavy atom. The van der Waals surface area contributed by atoms with Crippen LogP contribution in [0.25, 0.3) is 0 Å². The number of fused-ring (bicyclic) bond motifs is 3. The van der Waals surface area contributed by atoms with E-state index >= 15 is 0 Å². The highest BCUT2D eigenvalue weighted by atomic mass is 79.9. The predicted octanol–water partition coefficient (Wildman–Crippen LogP) is 3.14. The van der Waals surface area contributed by atoms with E-state index in [0.29, 0.717) is 25.9 Å². The highest BCUT2D eigenvalue weighted by Crippen LogP contribution is 2.61. The topological polar surface area (TPSA) is 334 Å². The van der Waals surface area contributed by atoms with E-state index in [2.05, 4.69) is 40.4 Å². The quantitative estimate of drug-likeness (QED) is 0.0809. The molecular formula is C56H68BrClO24. The molecule has 6 aliphatic carbocycles. The number of ketones is 2. The van der Waals surface area contributed by atoms with Gasteiger partial charge in [-0.25, -0.2) is 14.4 Å². The van der Waals surface area contributed by atoms with Gasteiger partial charge in [0.1, 0.15) is 61.3 Å². The van der Waals surface area contributed by atoms with E-state index in [1.165, 1.54) is 27.7 Å². The Balaban J connectivity index is 0.000000180. The zero-order chi connectivity index (χ0) is 61.3. The van der Waals surface area contributed by atoms with Crippen LogP contribution in [0.2, 0.25) is 0 Å². The first kappa shape index (κ1) is 64.8. The molecule has 0 aromatic rings. The van der Waals surface area contributed by atoms with Gasteiger partial charge in [-0.05, 0) is 93.2 Å². The summed E-state index contributed by atoms with van der Waals surface area (Å²) in [5, 5.41) is 7.24. The zero-order valence-corrected chi connectivity index (χ0v) is 49.1. The van der Waals surface area contributed by atoms with Gasteiger partial charge >= 0.3 is 59.7 Å². The van der Waals surface area contributed by atoms with Gasteiger partial charge in [-0.2, -0.15) is 0 Å². The number of carbonyl (C=O) groups is 13. The van der Waals surface area contributed by atoms with Crippen molar-refractivity contribution in [2.24, 2.45) is 76.9 Å². The Labute approximate surface area is 485 Å². The van der Waals surface area contributed by atoms with Crippen LogP contribution in [0.3, 0.4) is 0 Å². The number of halogens is 2. The first-order valence-electron chi connectivity index (χ1n) is 26.7. The average Bonchev–Trinajstić information content (AvgIpc) is 2.23. The molecule has 450 valence electrons. The molecule has 0 aromatic carbocycles. The number of esters is 10. The molecule has 4 saturated heterocycles. The molecule has 0 radical (unpaired) electrons. The summed E-state index contributed by atoms with van der Waals surface area (Å²) in [6.45, 7) is 24.4. The molecule has 24 nitrogen and oxygen atoms in total. The van der Waals surface area contributed by atoms with Gasteiger partial charge in [0.05, 0.1) is 48.0 Å². The fourth-order valence-corrected chi connectivity index (χ4v) is 13.2. The van der Waals surface area contributed by atoms with E-state index in [9.17, 15) is 62.3 Å². The molecule has 21 atom stereocenters. The average molecular weight is 1240 g/mol. The molecule has 10 aliphatic rings. The second-order valence-corrected chi connectivity index (χ2v) is 24.2. The Hall–Kier alpha value is -6.34. The van der Waals surface area contributed by atoms with Crippen LogP contribution in [0.1, 0.15) is 81.6 Å². The van der Waals surface area contributed by atoms with E-state index in [4.69, 9.17) is 59.3 Å². The lowest BCUT2D eigenvalue weighted by Gasteiger charge is -2.33. The van der Waals surface area contributed by atoms with Crippen molar-refractivity contribution in [2.45, 2.75) is 129 Å². The molecule has 26 heteroatoms. The SMILES string of the molecule is C=C(C)C(=O)OC1C2CC3C1OC(=O)C3C2C(=O)Cl.C=C(C)C(=O)OC1C2CC3C1OC(=O)C3C2C(=O)OC1(C)COC(=O)C1C.C=C(C)C(=O)OC1C2CC3C1OC(=O)C3C2C(=O)OCC(C)=O.CC(=O)CO.CCOC(=O)C(C)Br. The molecule has 0 spiro atoms. The van der Waals surface area contributed by atoms with Crippen LogP contribution >= 0.6 is 27.5 Å². The summed E-state index contributed by atoms with van der Waals surface area (Å²) in [7, 11) is 0. The minimum absolute atomic E-state index is 0.0225. The molecule has 10 fully saturated rings. The number of hydrogen-bond acceptors (Lipinski definition) is 24. The number of carbonyl (C=O) groups excluding carboxylic acids is 13. The minimum atomic E-state index is -1.08. The summed E-state index contributed by atoms with van der Waals surface area (Å²) in [6.07, 6.45) is -1.64. The number of rotatable bonds is 15. The highest BCUT2D eigenvalue weighted by molar-refractivity contribution is 9.10. The maximum absolute atomic E-state index is 13.0. The molecule has 10 rings (SSSR count). The largest absolute Gasteiger partial charge is 0.465 e. The second kappa shape index (κ2) is 26.1. The first-order chi connectivity index (χ1) is 38.3. The van der Waals surface area contributed by atoms with E-state index < -0.39 is 143 Å². The lowest BCUT2D eigenvalue weighted by Crippen LogP contribution is -2.47. The second-order valence-electron chi connectivity index (χ2n) is 22.4. The molecule has 4 heterocycles. The van der Waals surface area contributed by atoms with Gasteiger partial charge in [0.2, 0.25) is 5.24 Å². The van der Waals surface area contributed by atoms with Gasteiger partial charge in [-0.1, -0.05) is 35.7 Å². The number of aliphatic hydroxyl groups excluding tert-OH is 1. The molecule has 4 aliphatic heterocycles. The maximum Gasteiger partial charge on any atom is 0.333 e. The van der Waals surface area contributed by atoms with Crippen LogP contribution in [0.15, 0.2) is 36.5 Å². The van der Waals surface area contributed by atoms with Crippen LogP contribution in [0, 0.1) is 76.9 Å². The van der Waals surface area contributed by atoms with Crippen LogP contribution < -0.4 is 0 Å². The Kier molecular flexibility index (Phi) is 20.6. The minimum Gasteiger partial charge on any atom is -0.465 e. The predicted molar refractivity (Wildman–Crippen MR) is 279 cm³/mol. The lowest BCUT2D eigenvalue weighted by atomic mass is 9.78. The van der Waals surface area contributed by atoms with Gasteiger partial charge in [0.25, 0.3) is 0 Å². The number of cyclic esters (lactones) is 1. The third-order valence-electron chi connectivity index (χ3n) is 16.6. The standard InChI is InChI=1S/C19H22O8.C16H18O7.C13H13ClO5.C5H9BrO2.C3H6O2/c1-7(2)15(20)25-13-10-5-9-11(17(22)26-14(9)13)12(10)18(23)27-19(4)6-24-16(21)8(19)3;1-6(2)14(18)22-12-8-4-9-11(16(20)23-13(9)12)10(8)15(19)21-5-7(3)17;1-4(2)12(16)18-9-5-3-6-8(7(5)11(14)15)13(17)19-10(6)9;1-3-8-5(7)4(2)6;1-3(5)2-4/h8-14H,1,5-6H2,2-4H3;8-13H,1,4-5H2,2-3H3;5-10H,1,3H2,2H3;4H,3H2,1-2H3;4H,2H2,1H3. The fraction of sp³-hybridized carbons (Fsp3) is 0.661. The third-order valence-corrected chi connectivity index (χ3v) is 17.2. The van der Waals surface area contributed by atoms with Crippen LogP contribution in [0.4, 0.5) is 0 Å². The van der Waals surface area contributed by atoms with Crippen molar-refractivity contribution < 1.29 is 115 Å². The summed E-state index contributed by atoms with van der Waals surface area (Å²) in [5.74, 6) is -10.9. The van der Waals surface area contributed by atoms with Crippen molar-refractivity contribution in [3.63, 3.8) is 0 Å². The van der Waals surface area contributed by atoms with Crippen molar-refractivity contribution in [1.82, 2.24) is 0 Å². The van der Waals surface area contributed by atoms with Crippen molar-refractivity contribution in [3.8, 4) is 0 Å². The number of alkyl halides is 1. The van der Waals surface area contributed by atoms with Gasteiger partial charge in [-0.15, -0.1) is 0 Å². The summed E-state index contributed by atoms with van der Waals surface area (Å²) < 4.78 is 52.5. The summed E-state index contributed by atoms with van der Waals surface area (Å²) in [5.41, 5.74) is -0.329. The van der Waals surface area contributed by atoms with Gasteiger partial charge in [0.15, 0.2) is 17.2 Å². The molecular weight excluding hydrogens is 1170 g/mol. The van der Waals surface area contributed by atoms with Crippen molar-refractivity contribution in [3.05, 3.63) is 36.5 Å². The van der Waals surface area contributed by atoms with E-state index in [1.54, 1.807) is 34.6 Å². The summed E-state index contributed by atoms with van der Waals surface area (Å²) in [6, 6.07) is 0. The Morgan fingerprint density at radius 1 is 0.622 bits per heavy atom. The van der Waals surface area contributed by atoms with Crippen LogP contribution in [-0.4, -0.2) is 155 Å². The third kappa shape index (κ3) is 13.0. The monoisotopic (exact) mass is 1240 g/mol. The van der Waals surface area contributed by atoms with Gasteiger partial charge in [0, 0.05) is 52.2 Å². The van der Waals surface area contributed by atoms with Gasteiger partial charge in [-0.3, -0.25) is 47.9 Å². The molecule has 21 unspecified atom stereocenters. The molecule has 0 amide bonds. The summed E-state index contributed by atoms with van der Waals surface area (Å²) in [4.78, 5) is 151. The molecule has 0 aromatic heterocycles. The van der Waals surface area contributed by atoms with E-state index in [1.807, 2.05) is 0 Å². The van der Waals surface area contributed by atoms with E-state index in [0.717, 1.165) is 0 Å². The molecule has 6 saturated carbocycles. The zero-order valence-electron chi connectivity index (χ0n) is 46.7. The summed E-state index contributed by atoms with van der Waals surface area (Å²) >= 11 is 8.66. The van der Waals surface area contributed by atoms with Crippen molar-refractivity contribution in [2.75, 3.05) is 26.4 Å². The van der Waals surface area contributed by atoms with Crippen LogP contribution in [-0.2, 0) is 110 Å². The molecule has 1 N–H and O–H groups in total. The smallest absolute Gasteiger partial charge is 0.333 e. The maximum atomic E-state index is 13.0. The van der Waals surface area contributed by atoms with Crippen molar-refractivity contribution in [1.29, 1.82) is 0 Å². The number of aliphatic hydroxyl groups is 1. The number of Topliss-reactive ketones (excluding diaryl/α,β-unsaturated/α-hetero) is 2. The highest BCUT2D eigenvalue weighted by Gasteiger charge is 2.73. The Bertz CT molecular complexity index is 2700. The van der Waals surface area contributed by atoms with Crippen molar-refractivity contribution >= 4 is 104 Å². The van der Waals surface area contributed by atoms with Crippen LogP contribution in [0.5, 0.6) is 0 Å². The Morgan fingerprint density at radius 2 is 0.988 bits per heavy atom. The molecule has 82 heavy (non-hydrogen) atoms. The van der Waals surface area contributed by atoms with E-state index in [-0.39, 0.29) is 94.4 Å². The first-order valence-corrected chi connectivity index (χ1v) is 28.0. The number of ether oxygens (including phenoxy) is 10. The van der Waals surface area contributed by atoms with Gasteiger partial charge < -0.3 is 52.5 Å². The normalized spacial score (nSPS) is 36.2. The lowest BCUT2D eigenvalue weighted by molar-refractivity contribution is -0.175. The number of hydrogen-bond donors (Lipinski definition) is 1. The molecule has 6 bridgehead atoms. The fourth-order valence-electron chi connectivity index (χ4n) is 12.7.